The molecular weight excluding hydrogens is 744 g/mol. The summed E-state index contributed by atoms with van der Waals surface area (Å²) in [5, 5.41) is 28.9. The van der Waals surface area contributed by atoms with Crippen molar-refractivity contribution in [1.29, 1.82) is 0 Å². The molecule has 1 aromatic heterocycles. The van der Waals surface area contributed by atoms with Crippen molar-refractivity contribution >= 4 is 40.4 Å². The number of H-pyrrole nitrogens is 1. The highest BCUT2D eigenvalue weighted by Gasteiger charge is 2.57. The van der Waals surface area contributed by atoms with E-state index in [9.17, 15) is 14.7 Å². The Morgan fingerprint density at radius 3 is 2.44 bits per heavy atom. The van der Waals surface area contributed by atoms with Crippen LogP contribution in [-0.2, 0) is 6.42 Å². The lowest BCUT2D eigenvalue weighted by atomic mass is 9.71. The third-order valence-electron chi connectivity index (χ3n) is 12.9. The van der Waals surface area contributed by atoms with E-state index in [2.05, 4.69) is 88.6 Å². The number of aliphatic hydroxyl groups is 1. The van der Waals surface area contributed by atoms with Crippen LogP contribution in [0.5, 0.6) is 0 Å². The van der Waals surface area contributed by atoms with Crippen LogP contribution in [-0.4, -0.2) is 83.4 Å². The Morgan fingerprint density at radius 2 is 1.73 bits per heavy atom. The Labute approximate surface area is 344 Å². The number of anilines is 2. The van der Waals surface area contributed by atoms with Gasteiger partial charge in [-0.05, 0) is 116 Å². The van der Waals surface area contributed by atoms with Crippen LogP contribution >= 0.6 is 0 Å². The van der Waals surface area contributed by atoms with E-state index in [4.69, 9.17) is 0 Å². The Morgan fingerprint density at radius 1 is 0.966 bits per heavy atom. The summed E-state index contributed by atoms with van der Waals surface area (Å²) in [6, 6.07) is 22.1. The third kappa shape index (κ3) is 7.57. The minimum absolute atomic E-state index is 0.0390. The minimum Gasteiger partial charge on any atom is -0.355 e. The molecule has 2 amide bonds. The summed E-state index contributed by atoms with van der Waals surface area (Å²) in [7, 11) is 3.21. The van der Waals surface area contributed by atoms with Crippen molar-refractivity contribution in [3.8, 4) is 23.0 Å². The van der Waals surface area contributed by atoms with Crippen LogP contribution in [0, 0.1) is 48.3 Å². The quantitative estimate of drug-likeness (QED) is 0.115. The molecule has 5 aromatic rings. The van der Waals surface area contributed by atoms with E-state index in [0.29, 0.717) is 33.6 Å². The number of likely N-dealkylation sites (tertiary alicyclic amines) is 1. The molecule has 304 valence electrons. The number of rotatable bonds is 9. The van der Waals surface area contributed by atoms with Crippen LogP contribution in [0.4, 0.5) is 15.8 Å². The average Bonchev–Trinajstić information content (AvgIpc) is 3.93. The molecule has 1 saturated heterocycles. The molecule has 3 heterocycles. The average molecular weight is 795 g/mol. The van der Waals surface area contributed by atoms with E-state index in [1.807, 2.05) is 6.07 Å². The lowest BCUT2D eigenvalue weighted by Crippen LogP contribution is -2.37. The Bertz CT molecular complexity index is 2540. The van der Waals surface area contributed by atoms with Crippen molar-refractivity contribution in [2.24, 2.45) is 21.8 Å². The lowest BCUT2D eigenvalue weighted by molar-refractivity contribution is 0.0468. The molecule has 0 bridgehead atoms. The highest BCUT2D eigenvalue weighted by Crippen LogP contribution is 2.59. The molecule has 11 nitrogen and oxygen atoms in total. The Kier molecular flexibility index (Phi) is 10.5. The van der Waals surface area contributed by atoms with Crippen LogP contribution in [0.3, 0.4) is 0 Å². The largest absolute Gasteiger partial charge is 0.355 e. The van der Waals surface area contributed by atoms with Gasteiger partial charge in [-0.1, -0.05) is 56.0 Å². The van der Waals surface area contributed by atoms with Gasteiger partial charge in [0.1, 0.15) is 12.2 Å². The molecule has 1 aliphatic carbocycles. The predicted molar refractivity (Wildman–Crippen MR) is 231 cm³/mol. The maximum absolute atomic E-state index is 16.9. The summed E-state index contributed by atoms with van der Waals surface area (Å²) in [6.45, 7) is 12.3. The maximum atomic E-state index is 16.9. The molecule has 2 fully saturated rings. The number of fused-ring (bicyclic) bond motifs is 2. The SMILES string of the molecule is CNC(=O)c1cccc(NC(=O)c2n[nH]c3ccc(-c4ccc(N5C=NN(C)C5O)cc4C#CC4CC5(C)CN(CCCc6ccc(C)c(C)c6)C[C@]5(C)C4)c(F)c23)c1. The number of aromatic nitrogens is 2. The summed E-state index contributed by atoms with van der Waals surface area (Å²) < 4.78 is 16.9. The topological polar surface area (TPSA) is 129 Å². The van der Waals surface area contributed by atoms with Gasteiger partial charge in [0.15, 0.2) is 5.69 Å². The van der Waals surface area contributed by atoms with Crippen LogP contribution in [0.1, 0.15) is 76.2 Å². The Hall–Kier alpha value is -6.03. The maximum Gasteiger partial charge on any atom is 0.276 e. The van der Waals surface area contributed by atoms with Crippen LogP contribution in [0.25, 0.3) is 22.0 Å². The number of hydrogen-bond acceptors (Lipinski definition) is 8. The van der Waals surface area contributed by atoms with E-state index in [1.165, 1.54) is 28.7 Å². The van der Waals surface area contributed by atoms with Gasteiger partial charge >= 0.3 is 0 Å². The van der Waals surface area contributed by atoms with Gasteiger partial charge in [0, 0.05) is 66.7 Å². The fourth-order valence-electron chi connectivity index (χ4n) is 9.30. The van der Waals surface area contributed by atoms with Crippen LogP contribution < -0.4 is 15.5 Å². The summed E-state index contributed by atoms with van der Waals surface area (Å²) >= 11 is 0. The number of halogens is 1. The standard InChI is InChI=1S/C47H51FN8O3/c1-29-12-13-31(21-30(29)2)9-8-20-55-26-46(3)24-32(25-47(46,4)27-55)14-15-33-23-36(56-28-50-54(6)45(56)59)16-17-37(33)38-18-19-39-40(41(38)48)42(53-52-39)44(58)51-35-11-7-10-34(22-35)43(57)49-5/h7,10-13,16-19,21-23,28,32,45,59H,8-9,20,24-27H2,1-6H3,(H,49,57)(H,51,58)(H,52,53)/t32?,45?,46-,47?/m0/s1. The number of aromatic amines is 1. The number of carbonyl (C=O) groups is 2. The second kappa shape index (κ2) is 15.6. The fourth-order valence-corrected chi connectivity index (χ4v) is 9.30. The zero-order valence-corrected chi connectivity index (χ0v) is 34.5. The van der Waals surface area contributed by atoms with E-state index in [-0.39, 0.29) is 39.3 Å². The van der Waals surface area contributed by atoms with Gasteiger partial charge in [0.25, 0.3) is 11.8 Å². The molecule has 2 aliphatic heterocycles. The molecule has 12 heteroatoms. The minimum atomic E-state index is -1.00. The first-order valence-corrected chi connectivity index (χ1v) is 20.2. The van der Waals surface area contributed by atoms with Crippen molar-refractivity contribution in [2.45, 2.75) is 59.7 Å². The first kappa shape index (κ1) is 39.8. The van der Waals surface area contributed by atoms with Crippen molar-refractivity contribution in [1.82, 2.24) is 25.4 Å². The molecule has 0 spiro atoms. The molecule has 59 heavy (non-hydrogen) atoms. The number of carbonyl (C=O) groups excluding carboxylic acids is 2. The van der Waals surface area contributed by atoms with E-state index < -0.39 is 18.1 Å². The number of hydrazone groups is 1. The molecule has 1 saturated carbocycles. The third-order valence-corrected chi connectivity index (χ3v) is 12.9. The number of amides is 2. The van der Waals surface area contributed by atoms with Crippen LogP contribution in [0.2, 0.25) is 0 Å². The lowest BCUT2D eigenvalue weighted by Gasteiger charge is -2.32. The number of nitrogens with one attached hydrogen (secondary N) is 3. The summed E-state index contributed by atoms with van der Waals surface area (Å²) in [5.74, 6) is 5.69. The van der Waals surface area contributed by atoms with Gasteiger partial charge in [-0.3, -0.25) is 24.6 Å². The van der Waals surface area contributed by atoms with Crippen molar-refractivity contribution in [3.05, 3.63) is 112 Å². The van der Waals surface area contributed by atoms with Crippen molar-refractivity contribution < 1.29 is 19.1 Å². The molecule has 0 radical (unpaired) electrons. The summed E-state index contributed by atoms with van der Waals surface area (Å²) in [6.07, 6.45) is 4.70. The molecule has 3 unspecified atom stereocenters. The zero-order valence-electron chi connectivity index (χ0n) is 34.5. The highest BCUT2D eigenvalue weighted by molar-refractivity contribution is 6.12. The molecule has 4 aromatic carbocycles. The van der Waals surface area contributed by atoms with Gasteiger partial charge in [-0.2, -0.15) is 10.2 Å². The number of nitrogens with zero attached hydrogens (tertiary/aromatic N) is 5. The molecule has 4 N–H and O–H groups in total. The van der Waals surface area contributed by atoms with Crippen molar-refractivity contribution in [3.63, 3.8) is 0 Å². The van der Waals surface area contributed by atoms with E-state index in [1.54, 1.807) is 66.8 Å². The van der Waals surface area contributed by atoms with Crippen molar-refractivity contribution in [2.75, 3.05) is 43.9 Å². The first-order valence-electron chi connectivity index (χ1n) is 20.2. The second-order valence-corrected chi connectivity index (χ2v) is 17.1. The van der Waals surface area contributed by atoms with Gasteiger partial charge in [0.05, 0.1) is 10.9 Å². The highest BCUT2D eigenvalue weighted by atomic mass is 19.1. The molecular formula is C47H51FN8O3. The van der Waals surface area contributed by atoms with Gasteiger partial charge in [-0.25, -0.2) is 4.39 Å². The smallest absolute Gasteiger partial charge is 0.276 e. The molecule has 4 atom stereocenters. The van der Waals surface area contributed by atoms with Gasteiger partial charge in [-0.15, -0.1) is 0 Å². The number of aliphatic hydroxyl groups excluding tert-OH is 1. The van der Waals surface area contributed by atoms with E-state index in [0.717, 1.165) is 45.3 Å². The van der Waals surface area contributed by atoms with E-state index >= 15 is 4.39 Å². The van der Waals surface area contributed by atoms with Gasteiger partial charge < -0.3 is 20.6 Å². The molecule has 3 aliphatic rings. The number of benzene rings is 4. The molecule has 8 rings (SSSR count). The second-order valence-electron chi connectivity index (χ2n) is 17.1. The Balaban J connectivity index is 1.06. The zero-order chi connectivity index (χ0) is 41.6. The number of aryl methyl sites for hydroxylation is 3. The van der Waals surface area contributed by atoms with Gasteiger partial charge in [0.2, 0.25) is 6.35 Å². The normalized spacial score (nSPS) is 22.4. The first-order chi connectivity index (χ1) is 28.3. The predicted octanol–water partition coefficient (Wildman–Crippen LogP) is 7.29. The monoisotopic (exact) mass is 794 g/mol. The summed E-state index contributed by atoms with van der Waals surface area (Å²) in [4.78, 5) is 30.0. The number of hydrogen-bond donors (Lipinski definition) is 4. The van der Waals surface area contributed by atoms with Crippen LogP contribution in [0.15, 0.2) is 77.9 Å². The summed E-state index contributed by atoms with van der Waals surface area (Å²) in [5.41, 5.74) is 7.37. The fraction of sp³-hybridized carbons (Fsp3) is 0.362.